The van der Waals surface area contributed by atoms with Crippen LogP contribution in [0.15, 0.2) is 47.6 Å². The predicted molar refractivity (Wildman–Crippen MR) is 72.4 cm³/mol. The zero-order chi connectivity index (χ0) is 13.5. The third kappa shape index (κ3) is 3.58. The van der Waals surface area contributed by atoms with Gasteiger partial charge < -0.3 is 9.73 Å². The van der Waals surface area contributed by atoms with Crippen LogP contribution < -0.4 is 5.32 Å². The maximum atomic E-state index is 12.0. The molecule has 2 heterocycles. The first-order chi connectivity index (χ1) is 9.31. The SMILES string of the molecule is CCCCN/C(=C\C(=O)n1ccnc1)c1ccco1. The summed E-state index contributed by atoms with van der Waals surface area (Å²) >= 11 is 0. The average molecular weight is 259 g/mol. The Hall–Kier alpha value is -2.30. The van der Waals surface area contributed by atoms with E-state index in [0.717, 1.165) is 19.4 Å². The molecule has 0 aliphatic carbocycles. The topological polar surface area (TPSA) is 60.1 Å². The van der Waals surface area contributed by atoms with Crippen molar-refractivity contribution in [1.29, 1.82) is 0 Å². The molecule has 0 aliphatic rings. The van der Waals surface area contributed by atoms with Gasteiger partial charge in [-0.15, -0.1) is 0 Å². The summed E-state index contributed by atoms with van der Waals surface area (Å²) in [6, 6.07) is 3.62. The highest BCUT2D eigenvalue weighted by atomic mass is 16.3. The van der Waals surface area contributed by atoms with Crippen LogP contribution in [0.1, 0.15) is 30.3 Å². The lowest BCUT2D eigenvalue weighted by Gasteiger charge is -2.08. The highest BCUT2D eigenvalue weighted by Gasteiger charge is 2.08. The van der Waals surface area contributed by atoms with Gasteiger partial charge in [0.25, 0.3) is 5.91 Å². The van der Waals surface area contributed by atoms with Crippen molar-refractivity contribution in [2.45, 2.75) is 19.8 Å². The second-order valence-electron chi connectivity index (χ2n) is 4.12. The van der Waals surface area contributed by atoms with Gasteiger partial charge in [0.15, 0.2) is 0 Å². The lowest BCUT2D eigenvalue weighted by atomic mass is 10.2. The number of hydrogen-bond donors (Lipinski definition) is 1. The van der Waals surface area contributed by atoms with E-state index in [1.807, 2.05) is 6.07 Å². The van der Waals surface area contributed by atoms with Crippen molar-refractivity contribution in [3.05, 3.63) is 49.0 Å². The van der Waals surface area contributed by atoms with Crippen LogP contribution in [0.3, 0.4) is 0 Å². The van der Waals surface area contributed by atoms with Gasteiger partial charge in [0, 0.05) is 25.0 Å². The van der Waals surface area contributed by atoms with Crippen molar-refractivity contribution in [1.82, 2.24) is 14.9 Å². The Labute approximate surface area is 111 Å². The van der Waals surface area contributed by atoms with Crippen LogP contribution in [0.4, 0.5) is 0 Å². The van der Waals surface area contributed by atoms with Crippen molar-refractivity contribution < 1.29 is 9.21 Å². The standard InChI is InChI=1S/C14H17N3O2/c1-2-3-6-16-12(13-5-4-9-19-13)10-14(18)17-8-7-15-11-17/h4-5,7-11,16H,2-3,6H2,1H3/b12-10-. The van der Waals surface area contributed by atoms with Crippen LogP contribution in [-0.4, -0.2) is 22.0 Å². The molecule has 100 valence electrons. The molecule has 0 spiro atoms. The lowest BCUT2D eigenvalue weighted by Crippen LogP contribution is -2.16. The minimum Gasteiger partial charge on any atom is -0.463 e. The van der Waals surface area contributed by atoms with Crippen LogP contribution in [0.5, 0.6) is 0 Å². The van der Waals surface area contributed by atoms with Gasteiger partial charge in [-0.1, -0.05) is 13.3 Å². The second-order valence-corrected chi connectivity index (χ2v) is 4.12. The molecule has 0 aliphatic heterocycles. The number of unbranched alkanes of at least 4 members (excludes halogenated alkanes) is 1. The molecular formula is C14H17N3O2. The minimum atomic E-state index is -0.159. The molecule has 0 amide bonds. The van der Waals surface area contributed by atoms with E-state index in [9.17, 15) is 4.79 Å². The molecule has 0 atom stereocenters. The van der Waals surface area contributed by atoms with E-state index in [1.54, 1.807) is 24.7 Å². The molecule has 0 radical (unpaired) electrons. The number of carbonyl (C=O) groups excluding carboxylic acids is 1. The Morgan fingerprint density at radius 2 is 2.47 bits per heavy atom. The number of carbonyl (C=O) groups is 1. The fourth-order valence-electron chi connectivity index (χ4n) is 1.63. The third-order valence-corrected chi connectivity index (χ3v) is 2.66. The van der Waals surface area contributed by atoms with Gasteiger partial charge in [0.05, 0.1) is 12.0 Å². The van der Waals surface area contributed by atoms with E-state index in [2.05, 4.69) is 17.2 Å². The number of hydrogen-bond acceptors (Lipinski definition) is 4. The van der Waals surface area contributed by atoms with Crippen molar-refractivity contribution in [2.24, 2.45) is 0 Å². The van der Waals surface area contributed by atoms with Gasteiger partial charge >= 0.3 is 0 Å². The first-order valence-corrected chi connectivity index (χ1v) is 6.33. The Balaban J connectivity index is 2.14. The molecule has 1 N–H and O–H groups in total. The average Bonchev–Trinajstić information content (AvgIpc) is 3.10. The van der Waals surface area contributed by atoms with Gasteiger partial charge in [-0.2, -0.15) is 0 Å². The van der Waals surface area contributed by atoms with Crippen LogP contribution in [0.2, 0.25) is 0 Å². The molecule has 0 unspecified atom stereocenters. The molecule has 0 saturated carbocycles. The molecule has 0 fully saturated rings. The summed E-state index contributed by atoms with van der Waals surface area (Å²) in [5.41, 5.74) is 0.692. The summed E-state index contributed by atoms with van der Waals surface area (Å²) < 4.78 is 6.76. The fourth-order valence-corrected chi connectivity index (χ4v) is 1.63. The first-order valence-electron chi connectivity index (χ1n) is 6.33. The van der Waals surface area contributed by atoms with E-state index < -0.39 is 0 Å². The normalized spacial score (nSPS) is 11.5. The number of furan rings is 1. The number of rotatable bonds is 6. The maximum absolute atomic E-state index is 12.0. The quantitative estimate of drug-likeness (QED) is 0.639. The lowest BCUT2D eigenvalue weighted by molar-refractivity contribution is 0.0969. The summed E-state index contributed by atoms with van der Waals surface area (Å²) in [6.07, 6.45) is 9.91. The highest BCUT2D eigenvalue weighted by molar-refractivity contribution is 5.95. The Bertz CT molecular complexity index is 527. The van der Waals surface area contributed by atoms with Gasteiger partial charge in [-0.3, -0.25) is 9.36 Å². The largest absolute Gasteiger partial charge is 0.463 e. The van der Waals surface area contributed by atoms with Gasteiger partial charge in [0.1, 0.15) is 12.1 Å². The molecule has 5 heteroatoms. The Morgan fingerprint density at radius 3 is 3.11 bits per heavy atom. The van der Waals surface area contributed by atoms with Gasteiger partial charge in [-0.25, -0.2) is 4.98 Å². The highest BCUT2D eigenvalue weighted by Crippen LogP contribution is 2.12. The van der Waals surface area contributed by atoms with Crippen molar-refractivity contribution in [3.63, 3.8) is 0 Å². The molecule has 19 heavy (non-hydrogen) atoms. The summed E-state index contributed by atoms with van der Waals surface area (Å²) in [5.74, 6) is 0.498. The van der Waals surface area contributed by atoms with Crippen LogP contribution in [0.25, 0.3) is 5.70 Å². The van der Waals surface area contributed by atoms with Gasteiger partial charge in [0.2, 0.25) is 0 Å². The van der Waals surface area contributed by atoms with Crippen LogP contribution in [0, 0.1) is 0 Å². The molecule has 0 bridgehead atoms. The fraction of sp³-hybridized carbons (Fsp3) is 0.286. The van der Waals surface area contributed by atoms with Crippen LogP contribution in [-0.2, 0) is 0 Å². The second kappa shape index (κ2) is 6.58. The number of nitrogens with one attached hydrogen (secondary N) is 1. The van der Waals surface area contributed by atoms with E-state index in [0.29, 0.717) is 11.5 Å². The van der Waals surface area contributed by atoms with Crippen LogP contribution >= 0.6 is 0 Å². The predicted octanol–water partition coefficient (Wildman–Crippen LogP) is 2.55. The van der Waals surface area contributed by atoms with Gasteiger partial charge in [-0.05, 0) is 18.6 Å². The number of aromatic nitrogens is 2. The Morgan fingerprint density at radius 1 is 1.58 bits per heavy atom. The first kappa shape index (κ1) is 13.1. The molecule has 0 aromatic carbocycles. The maximum Gasteiger partial charge on any atom is 0.258 e. The molecular weight excluding hydrogens is 242 g/mol. The van der Waals surface area contributed by atoms with Crippen molar-refractivity contribution in [3.8, 4) is 0 Å². The van der Waals surface area contributed by atoms with E-state index >= 15 is 0 Å². The molecule has 2 aromatic rings. The third-order valence-electron chi connectivity index (χ3n) is 2.66. The number of nitrogens with zero attached hydrogens (tertiary/aromatic N) is 2. The molecule has 2 rings (SSSR count). The van der Waals surface area contributed by atoms with E-state index in [1.165, 1.54) is 17.0 Å². The minimum absolute atomic E-state index is 0.159. The molecule has 0 saturated heterocycles. The summed E-state index contributed by atoms with van der Waals surface area (Å²) in [5, 5.41) is 3.23. The summed E-state index contributed by atoms with van der Waals surface area (Å²) in [6.45, 7) is 2.93. The molecule has 2 aromatic heterocycles. The number of allylic oxidation sites excluding steroid dienone is 1. The van der Waals surface area contributed by atoms with E-state index in [-0.39, 0.29) is 5.91 Å². The monoisotopic (exact) mass is 259 g/mol. The van der Waals surface area contributed by atoms with Crippen molar-refractivity contribution >= 4 is 11.6 Å². The number of imidazole rings is 1. The Kier molecular flexibility index (Phi) is 4.55. The zero-order valence-electron chi connectivity index (χ0n) is 10.9. The zero-order valence-corrected chi connectivity index (χ0v) is 10.9. The molecule has 5 nitrogen and oxygen atoms in total. The van der Waals surface area contributed by atoms with Crippen molar-refractivity contribution in [2.75, 3.05) is 6.54 Å². The summed E-state index contributed by atoms with van der Waals surface area (Å²) in [7, 11) is 0. The summed E-state index contributed by atoms with van der Waals surface area (Å²) in [4.78, 5) is 15.9. The van der Waals surface area contributed by atoms with E-state index in [4.69, 9.17) is 4.42 Å². The smallest absolute Gasteiger partial charge is 0.258 e.